The fourth-order valence-corrected chi connectivity index (χ4v) is 5.50. The Labute approximate surface area is 214 Å². The maximum atomic E-state index is 13.5. The summed E-state index contributed by atoms with van der Waals surface area (Å²) in [7, 11) is 0. The molecule has 0 saturated heterocycles. The van der Waals surface area contributed by atoms with Crippen molar-refractivity contribution >= 4 is 34.2 Å². The molecule has 3 aromatic heterocycles. The van der Waals surface area contributed by atoms with Crippen LogP contribution in [0, 0.1) is 13.8 Å². The minimum Gasteiger partial charge on any atom is -0.361 e. The highest BCUT2D eigenvalue weighted by Gasteiger charge is 2.38. The maximum absolute atomic E-state index is 13.5. The van der Waals surface area contributed by atoms with E-state index in [9.17, 15) is 9.59 Å². The number of rotatable bonds is 7. The third kappa shape index (κ3) is 4.60. The molecule has 1 aliphatic heterocycles. The van der Waals surface area contributed by atoms with Gasteiger partial charge in [0.2, 0.25) is 5.91 Å². The lowest BCUT2D eigenvalue weighted by Gasteiger charge is -2.16. The van der Waals surface area contributed by atoms with Gasteiger partial charge in [-0.3, -0.25) is 19.1 Å². The van der Waals surface area contributed by atoms with Crippen molar-refractivity contribution in [3.63, 3.8) is 0 Å². The van der Waals surface area contributed by atoms with Gasteiger partial charge in [0.15, 0.2) is 11.0 Å². The van der Waals surface area contributed by atoms with E-state index in [1.54, 1.807) is 12.4 Å². The summed E-state index contributed by atoms with van der Waals surface area (Å²) in [5, 5.41) is 7.38. The van der Waals surface area contributed by atoms with Gasteiger partial charge >= 0.3 is 0 Å². The van der Waals surface area contributed by atoms with Crippen LogP contribution in [-0.2, 0) is 17.9 Å². The number of nitrogens with zero attached hydrogens (tertiary/aromatic N) is 3. The zero-order valence-corrected chi connectivity index (χ0v) is 21.3. The number of amides is 1. The number of carbonyl (C=O) groups is 1. The topological polar surface area (TPSA) is 105 Å². The summed E-state index contributed by atoms with van der Waals surface area (Å²) < 4.78 is 1.54. The van der Waals surface area contributed by atoms with Crippen LogP contribution in [0.3, 0.4) is 0 Å². The predicted octanol–water partition coefficient (Wildman–Crippen LogP) is 4.76. The van der Waals surface area contributed by atoms with Crippen molar-refractivity contribution in [1.82, 2.24) is 24.8 Å². The first-order valence-electron chi connectivity index (χ1n) is 12.2. The Hall–Kier alpha value is -3.65. The predicted molar refractivity (Wildman–Crippen MR) is 141 cm³/mol. The number of nitrogens with one attached hydrogen (secondary N) is 3. The minimum atomic E-state index is -0.647. The molecule has 0 bridgehead atoms. The fourth-order valence-electron chi connectivity index (χ4n) is 5.17. The van der Waals surface area contributed by atoms with Gasteiger partial charge in [0, 0.05) is 41.5 Å². The molecule has 0 saturated carbocycles. The van der Waals surface area contributed by atoms with Gasteiger partial charge in [-0.2, -0.15) is 0 Å². The fraction of sp³-hybridized carbons (Fsp3) is 0.333. The standard InChI is InChI=1S/C27H29ClN6O2/c1-4-18-11-22(26(35)31-14-20-10-19-13-29-6-5-21(19)32-20)34-23(18)24(28)33-25(27(34)36)30-12-17-8-15(2)7-16(3)9-17/h5-10,13,18,22,32H,4,11-12,14H2,1-3H3,(H,30,33)(H,31,35)/t18-,22?/m0/s1. The van der Waals surface area contributed by atoms with Crippen LogP contribution < -0.4 is 16.2 Å². The molecule has 3 N–H and O–H groups in total. The van der Waals surface area contributed by atoms with Gasteiger partial charge in [0.25, 0.3) is 5.56 Å². The molecule has 0 spiro atoms. The molecule has 9 heteroatoms. The Balaban J connectivity index is 1.39. The molecule has 8 nitrogen and oxygen atoms in total. The molecule has 1 amide bonds. The van der Waals surface area contributed by atoms with Crippen LogP contribution in [0.15, 0.2) is 47.5 Å². The molecule has 0 radical (unpaired) electrons. The van der Waals surface area contributed by atoms with Gasteiger partial charge in [-0.1, -0.05) is 47.9 Å². The number of benzene rings is 1. The quantitative estimate of drug-likeness (QED) is 0.336. The molecule has 0 fully saturated rings. The largest absolute Gasteiger partial charge is 0.361 e. The van der Waals surface area contributed by atoms with Crippen LogP contribution in [0.1, 0.15) is 59.8 Å². The van der Waals surface area contributed by atoms with E-state index in [4.69, 9.17) is 11.6 Å². The Morgan fingerprint density at radius 2 is 1.97 bits per heavy atom. The number of carbonyl (C=O) groups excluding carboxylic acids is 1. The molecule has 4 heterocycles. The van der Waals surface area contributed by atoms with Crippen molar-refractivity contribution in [2.75, 3.05) is 5.32 Å². The number of aromatic amines is 1. The van der Waals surface area contributed by atoms with Crippen LogP contribution in [0.2, 0.25) is 5.15 Å². The molecule has 1 unspecified atom stereocenters. The van der Waals surface area contributed by atoms with Crippen molar-refractivity contribution in [3.05, 3.63) is 86.3 Å². The van der Waals surface area contributed by atoms with Crippen LogP contribution in [0.4, 0.5) is 5.82 Å². The average molecular weight is 505 g/mol. The third-order valence-corrected chi connectivity index (χ3v) is 7.05. The number of pyridine rings is 1. The van der Waals surface area contributed by atoms with Gasteiger partial charge in [0.05, 0.1) is 12.2 Å². The Bertz CT molecular complexity index is 1450. The molecule has 186 valence electrons. The summed E-state index contributed by atoms with van der Waals surface area (Å²) in [6.45, 7) is 6.86. The van der Waals surface area contributed by atoms with E-state index in [0.717, 1.165) is 39.7 Å². The van der Waals surface area contributed by atoms with E-state index in [-0.39, 0.29) is 28.4 Å². The van der Waals surface area contributed by atoms with Crippen LogP contribution in [0.5, 0.6) is 0 Å². The van der Waals surface area contributed by atoms with E-state index in [1.807, 2.05) is 32.9 Å². The zero-order valence-electron chi connectivity index (χ0n) is 20.6. The minimum absolute atomic E-state index is 0.0129. The highest BCUT2D eigenvalue weighted by molar-refractivity contribution is 6.30. The third-order valence-electron chi connectivity index (χ3n) is 6.78. The highest BCUT2D eigenvalue weighted by Crippen LogP contribution is 2.40. The maximum Gasteiger partial charge on any atom is 0.294 e. The van der Waals surface area contributed by atoms with Crippen molar-refractivity contribution < 1.29 is 4.79 Å². The molecule has 5 rings (SSSR count). The number of anilines is 1. The summed E-state index contributed by atoms with van der Waals surface area (Å²) in [4.78, 5) is 38.6. The molecule has 1 aromatic carbocycles. The second kappa shape index (κ2) is 9.78. The SMILES string of the molecule is CC[C@H]1CC(C(=O)NCc2cc3cnccc3[nH]2)n2c1c(Cl)nc(NCc1cc(C)cc(C)c1)c2=O. The van der Waals surface area contributed by atoms with Crippen molar-refractivity contribution in [2.24, 2.45) is 0 Å². The second-order valence-corrected chi connectivity index (χ2v) is 9.85. The number of aromatic nitrogens is 4. The molecule has 36 heavy (non-hydrogen) atoms. The molecule has 0 aliphatic carbocycles. The van der Waals surface area contributed by atoms with Crippen molar-refractivity contribution in [3.8, 4) is 0 Å². The van der Waals surface area contributed by atoms with Crippen LogP contribution in [0.25, 0.3) is 10.9 Å². The lowest BCUT2D eigenvalue weighted by Crippen LogP contribution is -2.36. The van der Waals surface area contributed by atoms with Gasteiger partial charge in [0.1, 0.15) is 6.04 Å². The molecular formula is C27H29ClN6O2. The number of hydrogen-bond donors (Lipinski definition) is 3. The summed E-state index contributed by atoms with van der Waals surface area (Å²) in [6.07, 6.45) is 4.76. The normalized spacial score (nSPS) is 16.8. The molecule has 4 aromatic rings. The first-order chi connectivity index (χ1) is 17.3. The first kappa shape index (κ1) is 24.1. The second-order valence-electron chi connectivity index (χ2n) is 9.49. The summed E-state index contributed by atoms with van der Waals surface area (Å²) in [6, 6.07) is 9.43. The monoisotopic (exact) mass is 504 g/mol. The van der Waals surface area contributed by atoms with Crippen molar-refractivity contribution in [1.29, 1.82) is 0 Å². The smallest absolute Gasteiger partial charge is 0.294 e. The summed E-state index contributed by atoms with van der Waals surface area (Å²) in [5.41, 5.74) is 5.48. The van der Waals surface area contributed by atoms with Crippen LogP contribution in [-0.4, -0.2) is 25.4 Å². The van der Waals surface area contributed by atoms with Gasteiger partial charge < -0.3 is 15.6 Å². The van der Waals surface area contributed by atoms with E-state index in [2.05, 4.69) is 43.8 Å². The lowest BCUT2D eigenvalue weighted by atomic mass is 9.99. The van der Waals surface area contributed by atoms with E-state index >= 15 is 0 Å². The number of H-pyrrole nitrogens is 1. The van der Waals surface area contributed by atoms with Crippen molar-refractivity contribution in [2.45, 2.75) is 58.7 Å². The summed E-state index contributed by atoms with van der Waals surface area (Å²) in [5.74, 6) is -0.0738. The molecule has 2 atom stereocenters. The zero-order chi connectivity index (χ0) is 25.4. The van der Waals surface area contributed by atoms with Gasteiger partial charge in [-0.05, 0) is 44.4 Å². The number of halogens is 1. The first-order valence-corrected chi connectivity index (χ1v) is 12.5. The van der Waals surface area contributed by atoms with E-state index in [0.29, 0.717) is 25.2 Å². The number of aryl methyl sites for hydroxylation is 2. The number of fused-ring (bicyclic) bond motifs is 2. The highest BCUT2D eigenvalue weighted by atomic mass is 35.5. The van der Waals surface area contributed by atoms with Crippen LogP contribution >= 0.6 is 11.6 Å². The molecule has 1 aliphatic rings. The van der Waals surface area contributed by atoms with E-state index < -0.39 is 6.04 Å². The Morgan fingerprint density at radius 3 is 2.69 bits per heavy atom. The number of hydrogen-bond acceptors (Lipinski definition) is 5. The van der Waals surface area contributed by atoms with Gasteiger partial charge in [-0.25, -0.2) is 4.98 Å². The van der Waals surface area contributed by atoms with E-state index in [1.165, 1.54) is 4.57 Å². The molecular weight excluding hydrogens is 476 g/mol. The van der Waals surface area contributed by atoms with Gasteiger partial charge in [-0.15, -0.1) is 0 Å². The Morgan fingerprint density at radius 1 is 1.19 bits per heavy atom. The Kier molecular flexibility index (Phi) is 6.53. The summed E-state index contributed by atoms with van der Waals surface area (Å²) >= 11 is 6.59. The lowest BCUT2D eigenvalue weighted by molar-refractivity contribution is -0.124. The average Bonchev–Trinajstić information content (AvgIpc) is 3.45.